The Balaban J connectivity index is 0.999. The molecule has 1 atom stereocenters. The molecule has 0 spiro atoms. The number of aryl methyl sites for hydroxylation is 1. The van der Waals surface area contributed by atoms with Gasteiger partial charge in [0.15, 0.2) is 5.75 Å². The summed E-state index contributed by atoms with van der Waals surface area (Å²) in [6.45, 7) is 9.82. The quantitative estimate of drug-likeness (QED) is 0.291. The number of rotatable bonds is 7. The molecule has 0 aliphatic carbocycles. The maximum absolute atomic E-state index is 12.4. The van der Waals surface area contributed by atoms with Crippen LogP contribution in [0.2, 0.25) is 0 Å². The highest BCUT2D eigenvalue weighted by Crippen LogP contribution is 2.35. The lowest BCUT2D eigenvalue weighted by Crippen LogP contribution is -2.53. The van der Waals surface area contributed by atoms with E-state index in [1.54, 1.807) is 12.1 Å². The molecule has 2 amide bonds. The molecule has 11 heteroatoms. The minimum absolute atomic E-state index is 0.0110. The van der Waals surface area contributed by atoms with E-state index in [0.717, 1.165) is 94.9 Å². The van der Waals surface area contributed by atoms with Crippen LogP contribution in [-0.2, 0) is 0 Å². The van der Waals surface area contributed by atoms with Gasteiger partial charge < -0.3 is 19.9 Å². The van der Waals surface area contributed by atoms with Crippen LogP contribution in [0.3, 0.4) is 0 Å². The third-order valence-corrected chi connectivity index (χ3v) is 9.63. The molecule has 4 aliphatic heterocycles. The van der Waals surface area contributed by atoms with Gasteiger partial charge in [0.25, 0.3) is 11.8 Å². The number of anilines is 1. The number of methoxy groups -OCH3 is 1. The van der Waals surface area contributed by atoms with Gasteiger partial charge in [-0.3, -0.25) is 29.9 Å². The fraction of sp³-hybridized carbons (Fsp3) is 0.548. The van der Waals surface area contributed by atoms with Crippen LogP contribution in [0.15, 0.2) is 30.3 Å². The van der Waals surface area contributed by atoms with Crippen molar-refractivity contribution in [3.8, 4) is 5.75 Å². The van der Waals surface area contributed by atoms with Crippen LogP contribution in [-0.4, -0.2) is 92.0 Å². The monoisotopic (exact) mass is 576 g/mol. The number of ether oxygens (including phenoxy) is 1. The van der Waals surface area contributed by atoms with E-state index < -0.39 is 0 Å². The van der Waals surface area contributed by atoms with Crippen LogP contribution in [0.1, 0.15) is 63.6 Å². The van der Waals surface area contributed by atoms with Gasteiger partial charge in [0, 0.05) is 57.4 Å². The third kappa shape index (κ3) is 5.60. The molecule has 6 rings (SSSR count). The van der Waals surface area contributed by atoms with Crippen LogP contribution in [0.25, 0.3) is 0 Å². The molecular weight excluding hydrogens is 536 g/mol. The molecular formula is C31H40N6O5. The number of amides is 2. The number of imide groups is 1. The average molecular weight is 577 g/mol. The predicted molar refractivity (Wildman–Crippen MR) is 159 cm³/mol. The summed E-state index contributed by atoms with van der Waals surface area (Å²) in [5.41, 5.74) is 3.89. The van der Waals surface area contributed by atoms with Crippen LogP contribution in [0, 0.1) is 23.0 Å². The molecule has 224 valence electrons. The van der Waals surface area contributed by atoms with Gasteiger partial charge in [-0.15, -0.1) is 0 Å². The number of nitrogens with one attached hydrogen (secondary N) is 2. The summed E-state index contributed by atoms with van der Waals surface area (Å²) in [5, 5.41) is 17.5. The fourth-order valence-electron chi connectivity index (χ4n) is 7.34. The van der Waals surface area contributed by atoms with E-state index >= 15 is 0 Å². The average Bonchev–Trinajstić information content (AvgIpc) is 3.31. The Kier molecular flexibility index (Phi) is 8.15. The van der Waals surface area contributed by atoms with Crippen LogP contribution < -0.4 is 20.3 Å². The second-order valence-electron chi connectivity index (χ2n) is 12.1. The predicted octanol–water partition coefficient (Wildman–Crippen LogP) is 3.12. The summed E-state index contributed by atoms with van der Waals surface area (Å²) in [4.78, 5) is 43.0. The van der Waals surface area contributed by atoms with Crippen molar-refractivity contribution >= 4 is 23.2 Å². The first-order chi connectivity index (χ1) is 20.3. The molecule has 4 aliphatic rings. The van der Waals surface area contributed by atoms with Crippen LogP contribution >= 0.6 is 0 Å². The molecule has 42 heavy (non-hydrogen) atoms. The number of nitro benzene ring substituents is 1. The fourth-order valence-corrected chi connectivity index (χ4v) is 7.34. The largest absolute Gasteiger partial charge is 0.490 e. The Morgan fingerprint density at radius 2 is 1.79 bits per heavy atom. The summed E-state index contributed by atoms with van der Waals surface area (Å²) in [5.74, 6) is 0.364. The molecule has 0 saturated carbocycles. The van der Waals surface area contributed by atoms with Gasteiger partial charge in [0.1, 0.15) is 0 Å². The molecule has 0 bridgehead atoms. The molecule has 2 N–H and O–H groups in total. The van der Waals surface area contributed by atoms with Crippen LogP contribution in [0.4, 0.5) is 11.4 Å². The maximum atomic E-state index is 12.4. The van der Waals surface area contributed by atoms with Gasteiger partial charge in [-0.05, 0) is 80.9 Å². The summed E-state index contributed by atoms with van der Waals surface area (Å²) >= 11 is 0. The highest BCUT2D eigenvalue weighted by molar-refractivity contribution is 6.23. The van der Waals surface area contributed by atoms with E-state index in [1.165, 1.54) is 7.11 Å². The van der Waals surface area contributed by atoms with E-state index in [0.29, 0.717) is 28.8 Å². The highest BCUT2D eigenvalue weighted by Gasteiger charge is 2.34. The Labute approximate surface area is 246 Å². The number of benzene rings is 2. The smallest absolute Gasteiger partial charge is 0.311 e. The Morgan fingerprint density at radius 3 is 2.50 bits per heavy atom. The number of carbonyl (C=O) groups excluding carboxylic acids is 2. The summed E-state index contributed by atoms with van der Waals surface area (Å²) in [6.07, 6.45) is 4.45. The first kappa shape index (κ1) is 28.6. The number of hydrogen-bond acceptors (Lipinski definition) is 9. The minimum Gasteiger partial charge on any atom is -0.490 e. The second kappa shape index (κ2) is 12.0. The first-order valence-corrected chi connectivity index (χ1v) is 15.1. The number of fused-ring (bicyclic) bond motifs is 1. The van der Waals surface area contributed by atoms with Crippen molar-refractivity contribution in [1.29, 1.82) is 0 Å². The van der Waals surface area contributed by atoms with Gasteiger partial charge >= 0.3 is 5.69 Å². The number of piperidine rings is 2. The van der Waals surface area contributed by atoms with Crippen molar-refractivity contribution in [3.05, 3.63) is 62.7 Å². The topological polar surface area (TPSA) is 120 Å². The number of hydrogen-bond donors (Lipinski definition) is 2. The molecule has 1 unspecified atom stereocenters. The molecule has 2 aromatic rings. The molecule has 2 aromatic carbocycles. The van der Waals surface area contributed by atoms with Crippen molar-refractivity contribution in [3.63, 3.8) is 0 Å². The number of piperazine rings is 1. The normalized spacial score (nSPS) is 22.7. The molecule has 3 fully saturated rings. The van der Waals surface area contributed by atoms with Gasteiger partial charge in [0.05, 0.1) is 28.8 Å². The van der Waals surface area contributed by atoms with Crippen molar-refractivity contribution in [2.75, 3.05) is 64.4 Å². The Hall–Kier alpha value is -3.54. The zero-order valence-corrected chi connectivity index (χ0v) is 24.4. The molecule has 4 heterocycles. The highest BCUT2D eigenvalue weighted by atomic mass is 16.6. The van der Waals surface area contributed by atoms with E-state index in [-0.39, 0.29) is 28.5 Å². The lowest BCUT2D eigenvalue weighted by atomic mass is 9.93. The number of likely N-dealkylation sites (tertiary alicyclic amines) is 1. The standard InChI is InChI=1S/C31H40N6O5/c1-20-16-27(37(40)41)28(42-2)17-24(20)25-19-36(15-10-32-25)22-8-11-34(12-9-22)18-21-6-13-35(14-7-21)26-5-3-4-23-29(26)31(39)33-30(23)38/h3-5,16-17,21-22,25,32H,6-15,18-19H2,1-2H3,(H,33,38,39). The number of nitro groups is 1. The first-order valence-electron chi connectivity index (χ1n) is 15.1. The maximum Gasteiger partial charge on any atom is 0.311 e. The van der Waals surface area contributed by atoms with Gasteiger partial charge in [-0.1, -0.05) is 6.07 Å². The second-order valence-corrected chi connectivity index (χ2v) is 12.1. The van der Waals surface area contributed by atoms with E-state index in [9.17, 15) is 19.7 Å². The van der Waals surface area contributed by atoms with Crippen molar-refractivity contribution < 1.29 is 19.2 Å². The molecule has 0 aromatic heterocycles. The Bertz CT molecular complexity index is 1370. The summed E-state index contributed by atoms with van der Waals surface area (Å²) in [7, 11) is 1.48. The van der Waals surface area contributed by atoms with Crippen molar-refractivity contribution in [1.82, 2.24) is 20.4 Å². The lowest BCUT2D eigenvalue weighted by Gasteiger charge is -2.44. The number of carbonyl (C=O) groups is 2. The van der Waals surface area contributed by atoms with Gasteiger partial charge in [-0.2, -0.15) is 0 Å². The van der Waals surface area contributed by atoms with Gasteiger partial charge in [-0.25, -0.2) is 0 Å². The minimum atomic E-state index is -0.384. The molecule has 11 nitrogen and oxygen atoms in total. The zero-order chi connectivity index (χ0) is 29.4. The van der Waals surface area contributed by atoms with E-state index in [2.05, 4.69) is 25.3 Å². The summed E-state index contributed by atoms with van der Waals surface area (Å²) in [6, 6.07) is 9.68. The zero-order valence-electron chi connectivity index (χ0n) is 24.4. The third-order valence-electron chi connectivity index (χ3n) is 9.63. The SMILES string of the molecule is COc1cc(C2CN(C3CCN(CC4CCN(c5cccc6c5C(=O)NC6=O)CC4)CC3)CCN2)c(C)cc1[N+](=O)[O-]. The Morgan fingerprint density at radius 1 is 1.02 bits per heavy atom. The van der Waals surface area contributed by atoms with E-state index in [4.69, 9.17) is 4.74 Å². The summed E-state index contributed by atoms with van der Waals surface area (Å²) < 4.78 is 5.34. The van der Waals surface area contributed by atoms with Crippen molar-refractivity contribution in [2.45, 2.75) is 44.7 Å². The lowest BCUT2D eigenvalue weighted by molar-refractivity contribution is -0.385. The molecule has 3 saturated heterocycles. The van der Waals surface area contributed by atoms with Gasteiger partial charge in [0.2, 0.25) is 0 Å². The molecule has 0 radical (unpaired) electrons. The van der Waals surface area contributed by atoms with Crippen molar-refractivity contribution in [2.24, 2.45) is 5.92 Å². The van der Waals surface area contributed by atoms with E-state index in [1.807, 2.05) is 25.1 Å². The number of nitrogens with zero attached hydrogens (tertiary/aromatic N) is 4. The van der Waals surface area contributed by atoms with Crippen LogP contribution in [0.5, 0.6) is 5.75 Å².